The highest BCUT2D eigenvalue weighted by molar-refractivity contribution is 5.85. The van der Waals surface area contributed by atoms with Gasteiger partial charge in [0.2, 0.25) is 0 Å². The molecular weight excluding hydrogens is 198 g/mol. The van der Waals surface area contributed by atoms with E-state index in [0.717, 1.165) is 6.61 Å². The molecule has 0 aromatic rings. The number of rotatable bonds is 1. The third-order valence-electron chi connectivity index (χ3n) is 3.80. The molecule has 14 heavy (non-hydrogen) atoms. The van der Waals surface area contributed by atoms with E-state index in [0.29, 0.717) is 18.1 Å². The van der Waals surface area contributed by atoms with Gasteiger partial charge in [-0.25, -0.2) is 0 Å². The summed E-state index contributed by atoms with van der Waals surface area (Å²) < 4.78 is 5.80. The minimum Gasteiger partial charge on any atom is -0.376 e. The minimum absolute atomic E-state index is 0. The van der Waals surface area contributed by atoms with E-state index >= 15 is 0 Å². The van der Waals surface area contributed by atoms with Gasteiger partial charge in [-0.1, -0.05) is 19.3 Å². The summed E-state index contributed by atoms with van der Waals surface area (Å²) in [6.45, 7) is 1.69. The molecule has 1 aliphatic heterocycles. The van der Waals surface area contributed by atoms with Crippen molar-refractivity contribution < 1.29 is 4.74 Å². The molecule has 1 saturated heterocycles. The Morgan fingerprint density at radius 3 is 2.36 bits per heavy atom. The topological polar surface area (TPSA) is 35.2 Å². The van der Waals surface area contributed by atoms with Crippen LogP contribution < -0.4 is 5.73 Å². The molecule has 3 heteroatoms. The third-order valence-corrected chi connectivity index (χ3v) is 3.80. The number of halogens is 1. The van der Waals surface area contributed by atoms with Crippen LogP contribution in [0.25, 0.3) is 0 Å². The van der Waals surface area contributed by atoms with E-state index in [9.17, 15) is 0 Å². The summed E-state index contributed by atoms with van der Waals surface area (Å²) in [6, 6.07) is 0. The second kappa shape index (κ2) is 5.34. The van der Waals surface area contributed by atoms with Gasteiger partial charge in [-0.3, -0.25) is 0 Å². The first-order valence-electron chi connectivity index (χ1n) is 5.66. The zero-order chi connectivity index (χ0) is 9.15. The molecule has 0 amide bonds. The molecule has 1 atom stereocenters. The van der Waals surface area contributed by atoms with Crippen molar-refractivity contribution in [3.63, 3.8) is 0 Å². The zero-order valence-electron chi connectivity index (χ0n) is 8.84. The molecule has 84 valence electrons. The Bertz CT molecular complexity index is 159. The molecule has 1 spiro atoms. The monoisotopic (exact) mass is 219 g/mol. The van der Waals surface area contributed by atoms with E-state index in [1.165, 1.54) is 44.9 Å². The Balaban J connectivity index is 0.000000980. The summed E-state index contributed by atoms with van der Waals surface area (Å²) >= 11 is 0. The van der Waals surface area contributed by atoms with Crippen molar-refractivity contribution in [1.82, 2.24) is 0 Å². The van der Waals surface area contributed by atoms with Crippen molar-refractivity contribution >= 4 is 12.4 Å². The average Bonchev–Trinajstić information content (AvgIpc) is 2.20. The normalized spacial score (nSPS) is 31.1. The highest BCUT2D eigenvalue weighted by atomic mass is 35.5. The Labute approximate surface area is 93.0 Å². The van der Waals surface area contributed by atoms with E-state index < -0.39 is 0 Å². The predicted molar refractivity (Wildman–Crippen MR) is 60.8 cm³/mol. The molecular formula is C11H22ClNO. The van der Waals surface area contributed by atoms with Crippen LogP contribution in [0, 0.1) is 5.41 Å². The van der Waals surface area contributed by atoms with Gasteiger partial charge in [0.1, 0.15) is 0 Å². The number of ether oxygens (including phenoxy) is 1. The third kappa shape index (κ3) is 2.62. The largest absolute Gasteiger partial charge is 0.376 e. The summed E-state index contributed by atoms with van der Waals surface area (Å²) in [6.07, 6.45) is 9.95. The Morgan fingerprint density at radius 2 is 1.86 bits per heavy atom. The van der Waals surface area contributed by atoms with Gasteiger partial charge in [0, 0.05) is 6.54 Å². The van der Waals surface area contributed by atoms with Gasteiger partial charge in [0.15, 0.2) is 0 Å². The second-order valence-electron chi connectivity index (χ2n) is 4.77. The first-order chi connectivity index (χ1) is 6.35. The fourth-order valence-corrected chi connectivity index (χ4v) is 2.80. The molecule has 0 aromatic heterocycles. The second-order valence-corrected chi connectivity index (χ2v) is 4.77. The van der Waals surface area contributed by atoms with Crippen LogP contribution in [-0.2, 0) is 4.74 Å². The summed E-state index contributed by atoms with van der Waals surface area (Å²) in [5, 5.41) is 0. The number of nitrogens with two attached hydrogens (primary N) is 1. The molecule has 2 fully saturated rings. The van der Waals surface area contributed by atoms with Crippen LogP contribution in [0.5, 0.6) is 0 Å². The van der Waals surface area contributed by atoms with Crippen molar-refractivity contribution in [1.29, 1.82) is 0 Å². The summed E-state index contributed by atoms with van der Waals surface area (Å²) in [5.41, 5.74) is 6.16. The number of hydrogen-bond donors (Lipinski definition) is 1. The molecule has 2 nitrogen and oxygen atoms in total. The Morgan fingerprint density at radius 1 is 1.14 bits per heavy atom. The highest BCUT2D eigenvalue weighted by Crippen LogP contribution is 2.43. The molecule has 1 heterocycles. The maximum Gasteiger partial charge on any atom is 0.0697 e. The lowest BCUT2D eigenvalue weighted by Crippen LogP contribution is -2.40. The lowest BCUT2D eigenvalue weighted by Gasteiger charge is -2.42. The van der Waals surface area contributed by atoms with Gasteiger partial charge >= 0.3 is 0 Å². The van der Waals surface area contributed by atoms with Crippen LogP contribution in [0.3, 0.4) is 0 Å². The van der Waals surface area contributed by atoms with E-state index in [1.54, 1.807) is 0 Å². The SMILES string of the molecule is Cl.NCC1CCC2(CCCCC2)CO1. The summed E-state index contributed by atoms with van der Waals surface area (Å²) in [7, 11) is 0. The molecule has 0 bridgehead atoms. The van der Waals surface area contributed by atoms with Crippen molar-refractivity contribution in [3.8, 4) is 0 Å². The van der Waals surface area contributed by atoms with Crippen LogP contribution in [0.2, 0.25) is 0 Å². The smallest absolute Gasteiger partial charge is 0.0697 e. The van der Waals surface area contributed by atoms with Crippen molar-refractivity contribution in [2.75, 3.05) is 13.2 Å². The first kappa shape index (κ1) is 12.3. The van der Waals surface area contributed by atoms with E-state index in [2.05, 4.69) is 0 Å². The van der Waals surface area contributed by atoms with Crippen molar-refractivity contribution in [2.45, 2.75) is 51.0 Å². The van der Waals surface area contributed by atoms with Gasteiger partial charge in [0.05, 0.1) is 12.7 Å². The molecule has 2 aliphatic rings. The molecule has 0 aromatic carbocycles. The molecule has 1 aliphatic carbocycles. The van der Waals surface area contributed by atoms with Gasteiger partial charge in [-0.15, -0.1) is 12.4 Å². The maximum atomic E-state index is 5.80. The van der Waals surface area contributed by atoms with E-state index in [4.69, 9.17) is 10.5 Å². The first-order valence-corrected chi connectivity index (χ1v) is 5.66. The molecule has 2 N–H and O–H groups in total. The fourth-order valence-electron chi connectivity index (χ4n) is 2.80. The zero-order valence-corrected chi connectivity index (χ0v) is 9.65. The van der Waals surface area contributed by atoms with Gasteiger partial charge in [-0.2, -0.15) is 0 Å². The quantitative estimate of drug-likeness (QED) is 0.736. The highest BCUT2D eigenvalue weighted by Gasteiger charge is 2.36. The molecule has 0 radical (unpaired) electrons. The average molecular weight is 220 g/mol. The van der Waals surface area contributed by atoms with Crippen LogP contribution in [0.15, 0.2) is 0 Å². The standard InChI is InChI=1S/C11H21NO.ClH/c12-8-10-4-7-11(9-13-10)5-2-1-3-6-11;/h10H,1-9,12H2;1H. The van der Waals surface area contributed by atoms with Crippen LogP contribution in [0.1, 0.15) is 44.9 Å². The van der Waals surface area contributed by atoms with Gasteiger partial charge in [-0.05, 0) is 31.1 Å². The van der Waals surface area contributed by atoms with E-state index in [-0.39, 0.29) is 12.4 Å². The lowest BCUT2D eigenvalue weighted by molar-refractivity contribution is -0.0728. The predicted octanol–water partition coefficient (Wildman–Crippen LogP) is 2.50. The molecule has 1 saturated carbocycles. The van der Waals surface area contributed by atoms with Crippen LogP contribution >= 0.6 is 12.4 Å². The molecule has 2 rings (SSSR count). The van der Waals surface area contributed by atoms with Crippen LogP contribution in [-0.4, -0.2) is 19.3 Å². The minimum atomic E-state index is 0. The summed E-state index contributed by atoms with van der Waals surface area (Å²) in [5.74, 6) is 0. The summed E-state index contributed by atoms with van der Waals surface area (Å²) in [4.78, 5) is 0. The maximum absolute atomic E-state index is 5.80. The number of hydrogen-bond acceptors (Lipinski definition) is 2. The van der Waals surface area contributed by atoms with Gasteiger partial charge in [0.25, 0.3) is 0 Å². The molecule has 1 unspecified atom stereocenters. The van der Waals surface area contributed by atoms with Crippen molar-refractivity contribution in [3.05, 3.63) is 0 Å². The van der Waals surface area contributed by atoms with E-state index in [1.807, 2.05) is 0 Å². The van der Waals surface area contributed by atoms with Crippen LogP contribution in [0.4, 0.5) is 0 Å². The van der Waals surface area contributed by atoms with Crippen molar-refractivity contribution in [2.24, 2.45) is 11.1 Å². The Hall–Kier alpha value is 0.210. The fraction of sp³-hybridized carbons (Fsp3) is 1.00. The lowest BCUT2D eigenvalue weighted by atomic mass is 9.70. The van der Waals surface area contributed by atoms with Gasteiger partial charge < -0.3 is 10.5 Å². The Kier molecular flexibility index (Phi) is 4.68.